The first-order valence-corrected chi connectivity index (χ1v) is 12.9. The zero-order valence-electron chi connectivity index (χ0n) is 19.8. The van der Waals surface area contributed by atoms with Crippen LogP contribution in [0.2, 0.25) is 0 Å². The van der Waals surface area contributed by atoms with Crippen LogP contribution in [0.4, 0.5) is 26.3 Å². The molecule has 4 unspecified atom stereocenters. The first kappa shape index (κ1) is 27.9. The molecule has 1 heterocycles. The fraction of sp³-hybridized carbons (Fsp3) is 0.696. The molecule has 1 saturated carbocycles. The van der Waals surface area contributed by atoms with Gasteiger partial charge in [-0.05, 0) is 62.4 Å². The predicted octanol–water partition coefficient (Wildman–Crippen LogP) is 4.37. The van der Waals surface area contributed by atoms with Gasteiger partial charge in [0, 0.05) is 42.3 Å². The average Bonchev–Trinajstić information content (AvgIpc) is 3.23. The van der Waals surface area contributed by atoms with Crippen molar-refractivity contribution in [1.82, 2.24) is 10.2 Å². The van der Waals surface area contributed by atoms with E-state index in [4.69, 9.17) is 4.74 Å². The summed E-state index contributed by atoms with van der Waals surface area (Å²) in [5.74, 6) is -0.339. The maximum absolute atomic E-state index is 13.2. The monoisotopic (exact) mass is 528 g/mol. The second-order valence-electron chi connectivity index (χ2n) is 9.52. The van der Waals surface area contributed by atoms with Crippen LogP contribution in [0.15, 0.2) is 18.2 Å². The smallest absolute Gasteiger partial charge is 0.381 e. The normalized spacial score (nSPS) is 28.8. The van der Waals surface area contributed by atoms with Crippen molar-refractivity contribution in [2.45, 2.75) is 68.3 Å². The van der Waals surface area contributed by atoms with Crippen LogP contribution in [0.5, 0.6) is 0 Å². The molecular weight excluding hydrogens is 498 g/mol. The molecule has 1 amide bonds. The van der Waals surface area contributed by atoms with Crippen molar-refractivity contribution in [3.63, 3.8) is 0 Å². The summed E-state index contributed by atoms with van der Waals surface area (Å²) < 4.78 is 95.8. The number of ether oxygens (including phenoxy) is 1. The van der Waals surface area contributed by atoms with Crippen LogP contribution in [-0.2, 0) is 39.2 Å². The average molecular weight is 529 g/mol. The second kappa shape index (κ2) is 10.4. The molecule has 2 fully saturated rings. The molecule has 1 aromatic carbocycles. The van der Waals surface area contributed by atoms with E-state index in [0.29, 0.717) is 44.6 Å². The summed E-state index contributed by atoms with van der Waals surface area (Å²) in [6.07, 6.45) is -6.50. The number of carbonyl (C=O) groups is 1. The summed E-state index contributed by atoms with van der Waals surface area (Å²) in [5, 5.41) is 2.46. The Morgan fingerprint density at radius 3 is 2.26 bits per heavy atom. The standard InChI is InChI=1S/C23H30F6N2O3S/c1-14-13-34-7-5-19(14)31(2)18-4-6-21(11-18,35(3)33)20(32)30-12-15-8-16(22(24,25)26)10-17(9-15)23(27,28)29/h8-10,14,18-19H,4-7,11-13H2,1-3H3,(H,30,32)/t14?,18-,19?,21?,35?/m1/s1. The fourth-order valence-electron chi connectivity index (χ4n) is 5.14. The number of carbonyl (C=O) groups excluding carboxylic acids is 1. The highest BCUT2D eigenvalue weighted by Gasteiger charge is 2.50. The summed E-state index contributed by atoms with van der Waals surface area (Å²) in [7, 11) is 0.365. The maximum Gasteiger partial charge on any atom is 0.416 e. The molecule has 1 saturated heterocycles. The number of hydrogen-bond donors (Lipinski definition) is 1. The van der Waals surface area contributed by atoms with Gasteiger partial charge in [0.2, 0.25) is 5.91 Å². The Kier molecular flexibility index (Phi) is 8.27. The SMILES string of the molecule is CC1COCCC1N(C)[C@@H]1CCC(C(=O)NCc2cc(C(F)(F)F)cc(C(F)(F)F)c2)(S(C)=O)C1. The van der Waals surface area contributed by atoms with Gasteiger partial charge in [-0.2, -0.15) is 26.3 Å². The van der Waals surface area contributed by atoms with Crippen molar-refractivity contribution in [2.75, 3.05) is 26.5 Å². The molecule has 198 valence electrons. The molecule has 0 radical (unpaired) electrons. The lowest BCUT2D eigenvalue weighted by Gasteiger charge is -2.40. The minimum absolute atomic E-state index is 0.0272. The molecule has 1 N–H and O–H groups in total. The van der Waals surface area contributed by atoms with E-state index >= 15 is 0 Å². The number of hydrogen-bond acceptors (Lipinski definition) is 4. The van der Waals surface area contributed by atoms with E-state index in [-0.39, 0.29) is 29.6 Å². The Labute approximate surface area is 203 Å². The van der Waals surface area contributed by atoms with Crippen LogP contribution in [0.3, 0.4) is 0 Å². The molecule has 0 bridgehead atoms. The van der Waals surface area contributed by atoms with Crippen molar-refractivity contribution in [1.29, 1.82) is 0 Å². The van der Waals surface area contributed by atoms with Crippen molar-refractivity contribution < 1.29 is 40.1 Å². The van der Waals surface area contributed by atoms with Gasteiger partial charge < -0.3 is 10.1 Å². The number of amides is 1. The minimum Gasteiger partial charge on any atom is -0.381 e. The molecule has 2 aliphatic rings. The molecule has 1 aliphatic heterocycles. The van der Waals surface area contributed by atoms with Gasteiger partial charge in [-0.1, -0.05) is 6.92 Å². The quantitative estimate of drug-likeness (QED) is 0.558. The summed E-state index contributed by atoms with van der Waals surface area (Å²) in [4.78, 5) is 15.4. The molecule has 3 rings (SSSR count). The molecule has 0 aromatic heterocycles. The van der Waals surface area contributed by atoms with Crippen molar-refractivity contribution in [3.05, 3.63) is 34.9 Å². The highest BCUT2D eigenvalue weighted by molar-refractivity contribution is 7.86. The Morgan fingerprint density at radius 1 is 1.14 bits per heavy atom. The Bertz CT molecular complexity index is 922. The second-order valence-corrected chi connectivity index (χ2v) is 11.2. The third-order valence-corrected chi connectivity index (χ3v) is 8.86. The molecule has 1 aliphatic carbocycles. The summed E-state index contributed by atoms with van der Waals surface area (Å²) >= 11 is 0. The molecule has 1 aromatic rings. The molecule has 12 heteroatoms. The van der Waals surface area contributed by atoms with E-state index in [0.717, 1.165) is 6.42 Å². The van der Waals surface area contributed by atoms with Crippen LogP contribution in [0.1, 0.15) is 49.3 Å². The number of halogens is 6. The van der Waals surface area contributed by atoms with Gasteiger partial charge in [0.15, 0.2) is 0 Å². The minimum atomic E-state index is -4.98. The predicted molar refractivity (Wildman–Crippen MR) is 119 cm³/mol. The van der Waals surface area contributed by atoms with Crippen LogP contribution >= 0.6 is 0 Å². The van der Waals surface area contributed by atoms with E-state index in [9.17, 15) is 35.3 Å². The van der Waals surface area contributed by atoms with E-state index in [2.05, 4.69) is 17.1 Å². The third-order valence-electron chi connectivity index (χ3n) is 7.21. The first-order valence-electron chi connectivity index (χ1n) is 11.3. The van der Waals surface area contributed by atoms with Gasteiger partial charge in [-0.15, -0.1) is 0 Å². The molecule has 5 nitrogen and oxygen atoms in total. The Morgan fingerprint density at radius 2 is 1.74 bits per heavy atom. The molecule has 0 spiro atoms. The number of nitrogens with one attached hydrogen (secondary N) is 1. The van der Waals surface area contributed by atoms with Crippen molar-refractivity contribution in [3.8, 4) is 0 Å². The lowest BCUT2D eigenvalue weighted by Crippen LogP contribution is -2.51. The Hall–Kier alpha value is -1.66. The number of rotatable bonds is 6. The topological polar surface area (TPSA) is 58.6 Å². The number of nitrogens with zero attached hydrogens (tertiary/aromatic N) is 1. The molecule has 35 heavy (non-hydrogen) atoms. The first-order chi connectivity index (χ1) is 16.1. The van der Waals surface area contributed by atoms with Crippen LogP contribution < -0.4 is 5.32 Å². The van der Waals surface area contributed by atoms with Crippen LogP contribution in [-0.4, -0.2) is 58.4 Å². The van der Waals surface area contributed by atoms with Gasteiger partial charge in [-0.3, -0.25) is 13.9 Å². The number of benzene rings is 1. The zero-order chi connectivity index (χ0) is 26.2. The van der Waals surface area contributed by atoms with Crippen molar-refractivity contribution in [2.24, 2.45) is 5.92 Å². The van der Waals surface area contributed by atoms with E-state index in [1.54, 1.807) is 0 Å². The zero-order valence-corrected chi connectivity index (χ0v) is 20.6. The fourth-order valence-corrected chi connectivity index (χ4v) is 6.31. The van der Waals surface area contributed by atoms with Gasteiger partial charge in [-0.25, -0.2) is 0 Å². The van der Waals surface area contributed by atoms with E-state index in [1.807, 2.05) is 7.05 Å². The Balaban J connectivity index is 1.76. The molecule has 5 atom stereocenters. The summed E-state index contributed by atoms with van der Waals surface area (Å²) in [5.41, 5.74) is -3.22. The van der Waals surface area contributed by atoms with Crippen LogP contribution in [0.25, 0.3) is 0 Å². The third kappa shape index (κ3) is 6.19. The molecular formula is C23H30F6N2O3S. The highest BCUT2D eigenvalue weighted by atomic mass is 32.2. The van der Waals surface area contributed by atoms with Gasteiger partial charge >= 0.3 is 12.4 Å². The highest BCUT2D eigenvalue weighted by Crippen LogP contribution is 2.40. The van der Waals surface area contributed by atoms with Crippen molar-refractivity contribution >= 4 is 16.7 Å². The summed E-state index contributed by atoms with van der Waals surface area (Å²) in [6.45, 7) is 2.80. The maximum atomic E-state index is 13.2. The van der Waals surface area contributed by atoms with Crippen LogP contribution in [0, 0.1) is 5.92 Å². The largest absolute Gasteiger partial charge is 0.416 e. The van der Waals surface area contributed by atoms with E-state index < -0.39 is 51.5 Å². The number of alkyl halides is 6. The summed E-state index contributed by atoms with van der Waals surface area (Å²) in [6, 6.07) is 1.43. The van der Waals surface area contributed by atoms with Gasteiger partial charge in [0.05, 0.1) is 17.7 Å². The van der Waals surface area contributed by atoms with Gasteiger partial charge in [0.25, 0.3) is 0 Å². The van der Waals surface area contributed by atoms with E-state index in [1.165, 1.54) is 6.26 Å². The lowest BCUT2D eigenvalue weighted by molar-refractivity contribution is -0.143. The lowest BCUT2D eigenvalue weighted by atomic mass is 9.94. The van der Waals surface area contributed by atoms with Gasteiger partial charge in [0.1, 0.15) is 4.75 Å².